The highest BCUT2D eigenvalue weighted by Crippen LogP contribution is 2.35. The van der Waals surface area contributed by atoms with Crippen molar-refractivity contribution in [1.82, 2.24) is 4.57 Å². The second-order valence-electron chi connectivity index (χ2n) is 6.53. The van der Waals surface area contributed by atoms with Crippen molar-refractivity contribution in [1.29, 1.82) is 0 Å². The van der Waals surface area contributed by atoms with Crippen molar-refractivity contribution < 1.29 is 9.84 Å². The first-order valence-electron chi connectivity index (χ1n) is 9.00. The molecule has 0 fully saturated rings. The van der Waals surface area contributed by atoms with Crippen LogP contribution in [-0.4, -0.2) is 9.67 Å². The summed E-state index contributed by atoms with van der Waals surface area (Å²) in [6.45, 7) is 0.659. The summed E-state index contributed by atoms with van der Waals surface area (Å²) < 4.78 is 7.17. The molecule has 0 bridgehead atoms. The molecule has 4 aromatic rings. The Balaban J connectivity index is 1.72. The fourth-order valence-electron chi connectivity index (χ4n) is 3.11. The number of ether oxygens (including phenoxy) is 1. The first-order chi connectivity index (χ1) is 13.6. The van der Waals surface area contributed by atoms with Crippen molar-refractivity contribution in [2.45, 2.75) is 6.54 Å². The average Bonchev–Trinajstić information content (AvgIpc) is 2.75. The fraction of sp³-hybridized carbons (Fsp3) is 0.0870. The van der Waals surface area contributed by atoms with Crippen LogP contribution < -0.4 is 15.6 Å². The summed E-state index contributed by atoms with van der Waals surface area (Å²) in [6.07, 6.45) is 0. The fourth-order valence-corrected chi connectivity index (χ4v) is 3.11. The highest BCUT2D eigenvalue weighted by atomic mass is 16.5. The topological polar surface area (TPSA) is 63.5 Å². The normalized spacial score (nSPS) is 10.8. The van der Waals surface area contributed by atoms with E-state index in [1.807, 2.05) is 66.7 Å². The van der Waals surface area contributed by atoms with Crippen LogP contribution >= 0.6 is 0 Å². The maximum atomic E-state index is 12.7. The van der Waals surface area contributed by atoms with E-state index >= 15 is 0 Å². The van der Waals surface area contributed by atoms with E-state index in [1.165, 1.54) is 4.57 Å². The molecular formula is C23H20N2O3. The lowest BCUT2D eigenvalue weighted by Gasteiger charge is -2.14. The summed E-state index contributed by atoms with van der Waals surface area (Å²) in [4.78, 5) is 12.7. The van der Waals surface area contributed by atoms with E-state index < -0.39 is 0 Å². The predicted octanol–water partition coefficient (Wildman–Crippen LogP) is 4.65. The van der Waals surface area contributed by atoms with Crippen LogP contribution in [0.15, 0.2) is 83.7 Å². The van der Waals surface area contributed by atoms with Gasteiger partial charge in [-0.2, -0.15) is 0 Å². The Labute approximate surface area is 162 Å². The van der Waals surface area contributed by atoms with E-state index in [0.717, 1.165) is 11.3 Å². The molecule has 0 saturated carbocycles. The number of aromatic nitrogens is 1. The number of anilines is 1. The largest absolute Gasteiger partial charge is 0.504 e. The van der Waals surface area contributed by atoms with E-state index in [-0.39, 0.29) is 17.1 Å². The van der Waals surface area contributed by atoms with Gasteiger partial charge >= 0.3 is 0 Å². The van der Waals surface area contributed by atoms with Crippen molar-refractivity contribution in [3.8, 4) is 17.2 Å². The quantitative estimate of drug-likeness (QED) is 0.535. The number of aromatic hydroxyl groups is 1. The summed E-state index contributed by atoms with van der Waals surface area (Å²) >= 11 is 0. The van der Waals surface area contributed by atoms with Gasteiger partial charge in [-0.3, -0.25) is 4.79 Å². The zero-order valence-electron chi connectivity index (χ0n) is 15.4. The molecule has 0 amide bonds. The molecule has 0 aliphatic rings. The summed E-state index contributed by atoms with van der Waals surface area (Å²) in [5, 5.41) is 14.7. The van der Waals surface area contributed by atoms with Gasteiger partial charge in [0, 0.05) is 24.7 Å². The first kappa shape index (κ1) is 17.7. The first-order valence-corrected chi connectivity index (χ1v) is 9.00. The van der Waals surface area contributed by atoms with Crippen molar-refractivity contribution >= 4 is 16.6 Å². The third-order valence-electron chi connectivity index (χ3n) is 4.63. The Morgan fingerprint density at radius 1 is 0.964 bits per heavy atom. The van der Waals surface area contributed by atoms with Crippen LogP contribution in [0.4, 0.5) is 5.69 Å². The molecule has 3 aromatic carbocycles. The van der Waals surface area contributed by atoms with E-state index in [4.69, 9.17) is 4.74 Å². The second kappa shape index (κ2) is 7.48. The maximum absolute atomic E-state index is 12.7. The van der Waals surface area contributed by atoms with E-state index in [0.29, 0.717) is 23.2 Å². The Hall–Kier alpha value is -3.73. The summed E-state index contributed by atoms with van der Waals surface area (Å²) in [7, 11) is 1.67. The maximum Gasteiger partial charge on any atom is 0.297 e. The Kier molecular flexibility index (Phi) is 4.72. The lowest BCUT2D eigenvalue weighted by molar-refractivity contribution is 0.407. The Bertz CT molecular complexity index is 1170. The number of para-hydroxylation sites is 1. The van der Waals surface area contributed by atoms with Gasteiger partial charge in [0.05, 0.1) is 5.52 Å². The van der Waals surface area contributed by atoms with Crippen molar-refractivity contribution in [2.24, 2.45) is 7.05 Å². The number of aryl methyl sites for hydroxylation is 1. The Morgan fingerprint density at radius 2 is 1.64 bits per heavy atom. The SMILES string of the molecule is Cn1c(=O)c(Oc2ccccc2)c(O)c2cc(NCc3ccccc3)ccc21. The molecule has 0 radical (unpaired) electrons. The molecule has 2 N–H and O–H groups in total. The predicted molar refractivity (Wildman–Crippen MR) is 111 cm³/mol. The lowest BCUT2D eigenvalue weighted by Crippen LogP contribution is -2.18. The van der Waals surface area contributed by atoms with E-state index in [9.17, 15) is 9.90 Å². The van der Waals surface area contributed by atoms with Gasteiger partial charge in [0.2, 0.25) is 5.75 Å². The minimum atomic E-state index is -0.390. The number of fused-ring (bicyclic) bond motifs is 1. The number of benzene rings is 3. The monoisotopic (exact) mass is 372 g/mol. The molecule has 1 heterocycles. The van der Waals surface area contributed by atoms with Crippen molar-refractivity contribution in [3.05, 3.63) is 94.8 Å². The van der Waals surface area contributed by atoms with Crippen LogP contribution in [0.1, 0.15) is 5.56 Å². The molecule has 0 unspecified atom stereocenters. The number of rotatable bonds is 5. The zero-order valence-corrected chi connectivity index (χ0v) is 15.4. The van der Waals surface area contributed by atoms with Crippen LogP contribution in [0.2, 0.25) is 0 Å². The molecular weight excluding hydrogens is 352 g/mol. The molecule has 0 aliphatic carbocycles. The third kappa shape index (κ3) is 3.42. The van der Waals surface area contributed by atoms with Gasteiger partial charge in [-0.1, -0.05) is 48.5 Å². The van der Waals surface area contributed by atoms with Crippen LogP contribution in [0.5, 0.6) is 17.2 Å². The minimum absolute atomic E-state index is 0.0820. The number of pyridine rings is 1. The minimum Gasteiger partial charge on any atom is -0.504 e. The molecule has 0 saturated heterocycles. The second-order valence-corrected chi connectivity index (χ2v) is 6.53. The van der Waals surface area contributed by atoms with Crippen LogP contribution in [-0.2, 0) is 13.6 Å². The van der Waals surface area contributed by atoms with Gasteiger partial charge in [-0.25, -0.2) is 0 Å². The van der Waals surface area contributed by atoms with Crippen molar-refractivity contribution in [3.63, 3.8) is 0 Å². The highest BCUT2D eigenvalue weighted by Gasteiger charge is 2.17. The van der Waals surface area contributed by atoms with E-state index in [2.05, 4.69) is 5.32 Å². The van der Waals surface area contributed by atoms with Crippen molar-refractivity contribution in [2.75, 3.05) is 5.32 Å². The van der Waals surface area contributed by atoms with Crippen LogP contribution in [0.25, 0.3) is 10.9 Å². The molecule has 140 valence electrons. The standard InChI is InChI=1S/C23H20N2O3/c1-25-20-13-12-17(24-15-16-8-4-2-5-9-16)14-19(20)21(26)22(23(25)27)28-18-10-6-3-7-11-18/h2-14,24,26H,15H2,1H3. The molecule has 1 aromatic heterocycles. The average molecular weight is 372 g/mol. The number of nitrogens with one attached hydrogen (secondary N) is 1. The molecule has 0 aliphatic heterocycles. The van der Waals surface area contributed by atoms with Gasteiger partial charge in [-0.15, -0.1) is 0 Å². The number of nitrogens with zero attached hydrogens (tertiary/aromatic N) is 1. The summed E-state index contributed by atoms with van der Waals surface area (Å²) in [5.74, 6) is 0.249. The lowest BCUT2D eigenvalue weighted by atomic mass is 10.1. The molecule has 5 nitrogen and oxygen atoms in total. The zero-order chi connectivity index (χ0) is 19.5. The van der Waals surface area contributed by atoms with Crippen LogP contribution in [0, 0.1) is 0 Å². The van der Waals surface area contributed by atoms with Gasteiger partial charge in [0.25, 0.3) is 5.56 Å². The van der Waals surface area contributed by atoms with Gasteiger partial charge in [-0.05, 0) is 35.9 Å². The highest BCUT2D eigenvalue weighted by molar-refractivity contribution is 5.90. The van der Waals surface area contributed by atoms with Gasteiger partial charge in [0.1, 0.15) is 5.75 Å². The molecule has 0 atom stereocenters. The summed E-state index contributed by atoms with van der Waals surface area (Å²) in [5.41, 5.74) is 2.24. The molecule has 5 heteroatoms. The van der Waals surface area contributed by atoms with E-state index in [1.54, 1.807) is 19.2 Å². The Morgan fingerprint density at radius 3 is 2.36 bits per heavy atom. The summed E-state index contributed by atoms with van der Waals surface area (Å²) in [6, 6.07) is 24.5. The molecule has 0 spiro atoms. The number of hydrogen-bond acceptors (Lipinski definition) is 4. The molecule has 4 rings (SSSR count). The third-order valence-corrected chi connectivity index (χ3v) is 4.63. The van der Waals surface area contributed by atoms with Gasteiger partial charge < -0.3 is 19.7 Å². The van der Waals surface area contributed by atoms with Gasteiger partial charge in [0.15, 0.2) is 5.75 Å². The van der Waals surface area contributed by atoms with Crippen LogP contribution in [0.3, 0.4) is 0 Å². The molecule has 28 heavy (non-hydrogen) atoms. The smallest absolute Gasteiger partial charge is 0.297 e. The number of hydrogen-bond donors (Lipinski definition) is 2.